The molecule has 7 heteroatoms. The fourth-order valence-corrected chi connectivity index (χ4v) is 3.61. The van der Waals surface area contributed by atoms with Crippen LogP contribution in [-0.4, -0.2) is 56.7 Å². The maximum Gasteiger partial charge on any atom is 0.256 e. The van der Waals surface area contributed by atoms with Crippen LogP contribution in [0.3, 0.4) is 0 Å². The molecular formula is C20H22FN5O. The molecule has 0 saturated carbocycles. The number of rotatable bonds is 3. The Bertz CT molecular complexity index is 991. The van der Waals surface area contributed by atoms with Crippen LogP contribution in [0, 0.1) is 12.7 Å². The van der Waals surface area contributed by atoms with E-state index in [0.29, 0.717) is 13.1 Å². The van der Waals surface area contributed by atoms with Crippen LogP contribution in [0.5, 0.6) is 0 Å². The van der Waals surface area contributed by atoms with Gasteiger partial charge in [0.15, 0.2) is 5.65 Å². The van der Waals surface area contributed by atoms with Crippen molar-refractivity contribution < 1.29 is 9.18 Å². The fourth-order valence-electron chi connectivity index (χ4n) is 3.61. The number of nitrogens with zero attached hydrogens (tertiary/aromatic N) is 5. The Kier molecular flexibility index (Phi) is 4.61. The Balaban J connectivity index is 1.40. The van der Waals surface area contributed by atoms with Crippen LogP contribution in [0.4, 0.5) is 4.39 Å². The molecule has 1 fully saturated rings. The van der Waals surface area contributed by atoms with Crippen LogP contribution < -0.4 is 0 Å². The normalized spacial score (nSPS) is 15.4. The molecule has 140 valence electrons. The Morgan fingerprint density at radius 2 is 1.93 bits per heavy atom. The lowest BCUT2D eigenvalue weighted by atomic mass is 10.1. The first-order chi connectivity index (χ1) is 13.0. The Morgan fingerprint density at radius 1 is 1.19 bits per heavy atom. The molecule has 6 nitrogen and oxygen atoms in total. The average Bonchev–Trinajstić information content (AvgIpc) is 2.96. The standard InChI is InChI=1S/C20H22FN5O/c1-14-17-11-15(12-22-19(17)24(2)23-14)13-25-7-9-26(10-8-25)20(27)16-5-3-4-6-18(16)21/h3-6,11-12H,7-10,13H2,1-2H3. The smallest absolute Gasteiger partial charge is 0.256 e. The number of aryl methyl sites for hydroxylation is 2. The first-order valence-corrected chi connectivity index (χ1v) is 9.07. The van der Waals surface area contributed by atoms with Crippen molar-refractivity contribution in [1.82, 2.24) is 24.6 Å². The fraction of sp³-hybridized carbons (Fsp3) is 0.350. The first kappa shape index (κ1) is 17.6. The number of carbonyl (C=O) groups is 1. The van der Waals surface area contributed by atoms with Crippen LogP contribution in [0.25, 0.3) is 11.0 Å². The predicted molar refractivity (Wildman–Crippen MR) is 101 cm³/mol. The van der Waals surface area contributed by atoms with Gasteiger partial charge in [0.05, 0.1) is 11.3 Å². The van der Waals surface area contributed by atoms with Gasteiger partial charge in [-0.15, -0.1) is 0 Å². The monoisotopic (exact) mass is 367 g/mol. The van der Waals surface area contributed by atoms with Crippen molar-refractivity contribution in [2.45, 2.75) is 13.5 Å². The summed E-state index contributed by atoms with van der Waals surface area (Å²) in [4.78, 5) is 21.1. The minimum atomic E-state index is -0.462. The van der Waals surface area contributed by atoms with E-state index in [9.17, 15) is 9.18 Å². The number of fused-ring (bicyclic) bond motifs is 1. The van der Waals surface area contributed by atoms with E-state index in [1.54, 1.807) is 27.8 Å². The minimum Gasteiger partial charge on any atom is -0.336 e. The summed E-state index contributed by atoms with van der Waals surface area (Å²) < 4.78 is 15.6. The molecule has 0 bridgehead atoms. The first-order valence-electron chi connectivity index (χ1n) is 9.07. The SMILES string of the molecule is Cc1nn(C)c2ncc(CN3CCN(C(=O)c4ccccc4F)CC3)cc12. The van der Waals surface area contributed by atoms with Gasteiger partial charge in [0.25, 0.3) is 5.91 Å². The molecule has 1 aromatic carbocycles. The molecule has 1 aliphatic heterocycles. The summed E-state index contributed by atoms with van der Waals surface area (Å²) in [7, 11) is 1.90. The Hall–Kier alpha value is -2.80. The highest BCUT2D eigenvalue weighted by atomic mass is 19.1. The molecule has 0 unspecified atom stereocenters. The summed E-state index contributed by atoms with van der Waals surface area (Å²) >= 11 is 0. The molecule has 0 aliphatic carbocycles. The quantitative estimate of drug-likeness (QED) is 0.713. The molecule has 4 rings (SSSR count). The molecule has 0 radical (unpaired) electrons. The van der Waals surface area contributed by atoms with Gasteiger partial charge in [0.2, 0.25) is 0 Å². The summed E-state index contributed by atoms with van der Waals surface area (Å²) in [6.45, 7) is 5.46. The highest BCUT2D eigenvalue weighted by Crippen LogP contribution is 2.18. The van der Waals surface area contributed by atoms with Crippen molar-refractivity contribution in [2.75, 3.05) is 26.2 Å². The van der Waals surface area contributed by atoms with E-state index in [0.717, 1.165) is 41.9 Å². The number of amides is 1. The highest BCUT2D eigenvalue weighted by Gasteiger charge is 2.24. The number of carbonyl (C=O) groups excluding carboxylic acids is 1. The Labute approximate surface area is 157 Å². The highest BCUT2D eigenvalue weighted by molar-refractivity contribution is 5.94. The number of hydrogen-bond donors (Lipinski definition) is 0. The second-order valence-electron chi connectivity index (χ2n) is 6.97. The van der Waals surface area contributed by atoms with Crippen LogP contribution in [0.2, 0.25) is 0 Å². The zero-order valence-electron chi connectivity index (χ0n) is 15.5. The van der Waals surface area contributed by atoms with Crippen LogP contribution in [0.1, 0.15) is 21.6 Å². The van der Waals surface area contributed by atoms with Crippen molar-refractivity contribution in [3.8, 4) is 0 Å². The maximum atomic E-state index is 13.8. The molecule has 27 heavy (non-hydrogen) atoms. The second-order valence-corrected chi connectivity index (χ2v) is 6.97. The summed E-state index contributed by atoms with van der Waals surface area (Å²) in [6, 6.07) is 8.30. The van der Waals surface area contributed by atoms with Crippen LogP contribution in [0.15, 0.2) is 36.5 Å². The van der Waals surface area contributed by atoms with Gasteiger partial charge >= 0.3 is 0 Å². The van der Waals surface area contributed by atoms with Crippen molar-refractivity contribution >= 4 is 16.9 Å². The van der Waals surface area contributed by atoms with Crippen molar-refractivity contribution in [1.29, 1.82) is 0 Å². The zero-order valence-corrected chi connectivity index (χ0v) is 15.5. The average molecular weight is 367 g/mol. The van der Waals surface area contributed by atoms with Crippen molar-refractivity contribution in [3.63, 3.8) is 0 Å². The van der Waals surface area contributed by atoms with Crippen LogP contribution in [-0.2, 0) is 13.6 Å². The molecular weight excluding hydrogens is 345 g/mol. The maximum absolute atomic E-state index is 13.8. The predicted octanol–water partition coefficient (Wildman–Crippen LogP) is 2.37. The number of hydrogen-bond acceptors (Lipinski definition) is 4. The third kappa shape index (κ3) is 3.42. The molecule has 2 aromatic heterocycles. The van der Waals surface area contributed by atoms with E-state index < -0.39 is 5.82 Å². The summed E-state index contributed by atoms with van der Waals surface area (Å²) in [5.74, 6) is -0.696. The summed E-state index contributed by atoms with van der Waals surface area (Å²) in [5.41, 5.74) is 3.14. The van der Waals surface area contributed by atoms with Crippen molar-refractivity contribution in [2.24, 2.45) is 7.05 Å². The third-order valence-corrected chi connectivity index (χ3v) is 5.09. The van der Waals surface area contributed by atoms with Gasteiger partial charge in [0, 0.05) is 51.4 Å². The molecule has 1 saturated heterocycles. The molecule has 3 heterocycles. The van der Waals surface area contributed by atoms with Gasteiger partial charge in [-0.3, -0.25) is 14.4 Å². The number of benzene rings is 1. The van der Waals surface area contributed by atoms with E-state index in [1.165, 1.54) is 6.07 Å². The Morgan fingerprint density at radius 3 is 2.67 bits per heavy atom. The number of halogens is 1. The van der Waals surface area contributed by atoms with E-state index in [-0.39, 0.29) is 11.5 Å². The second kappa shape index (κ2) is 7.08. The van der Waals surface area contributed by atoms with Gasteiger partial charge in [-0.25, -0.2) is 9.37 Å². The lowest BCUT2D eigenvalue weighted by molar-refractivity contribution is 0.0624. The topological polar surface area (TPSA) is 54.3 Å². The van der Waals surface area contributed by atoms with Gasteiger partial charge in [-0.05, 0) is 30.7 Å². The van der Waals surface area contributed by atoms with E-state index in [4.69, 9.17) is 0 Å². The molecule has 0 N–H and O–H groups in total. The molecule has 3 aromatic rings. The minimum absolute atomic E-state index is 0.146. The lowest BCUT2D eigenvalue weighted by Gasteiger charge is -2.34. The number of pyridine rings is 1. The van der Waals surface area contributed by atoms with Gasteiger partial charge in [-0.1, -0.05) is 12.1 Å². The largest absolute Gasteiger partial charge is 0.336 e. The van der Waals surface area contributed by atoms with Gasteiger partial charge in [-0.2, -0.15) is 5.10 Å². The van der Waals surface area contributed by atoms with E-state index in [2.05, 4.69) is 21.0 Å². The third-order valence-electron chi connectivity index (χ3n) is 5.09. The number of aromatic nitrogens is 3. The molecule has 1 aliphatic rings. The summed E-state index contributed by atoms with van der Waals surface area (Å²) in [6.07, 6.45) is 1.89. The van der Waals surface area contributed by atoms with Gasteiger partial charge < -0.3 is 4.90 Å². The lowest BCUT2D eigenvalue weighted by Crippen LogP contribution is -2.48. The molecule has 0 atom stereocenters. The van der Waals surface area contributed by atoms with E-state index in [1.807, 2.05) is 20.2 Å². The summed E-state index contributed by atoms with van der Waals surface area (Å²) in [5, 5.41) is 5.48. The van der Waals surface area contributed by atoms with Crippen LogP contribution >= 0.6 is 0 Å². The molecule has 1 amide bonds. The molecule has 0 spiro atoms. The van der Waals surface area contributed by atoms with E-state index >= 15 is 0 Å². The zero-order chi connectivity index (χ0) is 19.0. The van der Waals surface area contributed by atoms with Gasteiger partial charge in [0.1, 0.15) is 5.82 Å². The number of piperazine rings is 1. The van der Waals surface area contributed by atoms with Crippen molar-refractivity contribution in [3.05, 3.63) is 59.2 Å².